The van der Waals surface area contributed by atoms with Crippen molar-refractivity contribution in [2.75, 3.05) is 26.2 Å². The topological polar surface area (TPSA) is 75.4 Å². The summed E-state index contributed by atoms with van der Waals surface area (Å²) in [6, 6.07) is 0. The SMILES string of the molecule is NCCC1CCN(C(=O)C2CCC(=O)NC2)CC1. The molecule has 1 atom stereocenters. The molecule has 5 nitrogen and oxygen atoms in total. The highest BCUT2D eigenvalue weighted by Crippen LogP contribution is 2.22. The Morgan fingerprint density at radius 2 is 2.06 bits per heavy atom. The first-order valence-corrected chi connectivity index (χ1v) is 6.96. The van der Waals surface area contributed by atoms with E-state index < -0.39 is 0 Å². The Balaban J connectivity index is 1.78. The Morgan fingerprint density at radius 3 is 2.61 bits per heavy atom. The number of nitrogens with two attached hydrogens (primary N) is 1. The fraction of sp³-hybridized carbons (Fsp3) is 0.846. The number of piperidine rings is 2. The molecule has 5 heteroatoms. The van der Waals surface area contributed by atoms with Gasteiger partial charge in [-0.1, -0.05) is 0 Å². The van der Waals surface area contributed by atoms with E-state index in [1.165, 1.54) is 0 Å². The molecule has 2 fully saturated rings. The van der Waals surface area contributed by atoms with E-state index in [0.29, 0.717) is 25.3 Å². The van der Waals surface area contributed by atoms with Gasteiger partial charge < -0.3 is 16.0 Å². The Bertz CT molecular complexity index is 301. The number of nitrogens with one attached hydrogen (secondary N) is 1. The number of rotatable bonds is 3. The average molecular weight is 253 g/mol. The highest BCUT2D eigenvalue weighted by molar-refractivity contribution is 5.83. The molecule has 0 aromatic carbocycles. The van der Waals surface area contributed by atoms with Gasteiger partial charge in [-0.05, 0) is 38.1 Å². The van der Waals surface area contributed by atoms with Gasteiger partial charge in [0, 0.05) is 26.1 Å². The van der Waals surface area contributed by atoms with Crippen LogP contribution in [0.2, 0.25) is 0 Å². The fourth-order valence-corrected chi connectivity index (χ4v) is 2.88. The molecule has 0 aliphatic carbocycles. The molecule has 2 amide bonds. The molecule has 2 aliphatic heterocycles. The van der Waals surface area contributed by atoms with Crippen LogP contribution in [0.4, 0.5) is 0 Å². The lowest BCUT2D eigenvalue weighted by atomic mass is 9.91. The van der Waals surface area contributed by atoms with Crippen LogP contribution in [0.3, 0.4) is 0 Å². The van der Waals surface area contributed by atoms with Crippen LogP contribution in [0.25, 0.3) is 0 Å². The molecule has 0 saturated carbocycles. The van der Waals surface area contributed by atoms with Crippen LogP contribution < -0.4 is 11.1 Å². The molecule has 2 rings (SSSR count). The highest BCUT2D eigenvalue weighted by Gasteiger charge is 2.30. The molecule has 2 saturated heterocycles. The van der Waals surface area contributed by atoms with Gasteiger partial charge in [0.15, 0.2) is 0 Å². The molecule has 3 N–H and O–H groups in total. The number of carbonyl (C=O) groups excluding carboxylic acids is 2. The van der Waals surface area contributed by atoms with E-state index in [9.17, 15) is 9.59 Å². The number of hydrogen-bond donors (Lipinski definition) is 2. The summed E-state index contributed by atoms with van der Waals surface area (Å²) in [4.78, 5) is 25.3. The zero-order chi connectivity index (χ0) is 13.0. The van der Waals surface area contributed by atoms with Crippen LogP contribution in [-0.2, 0) is 9.59 Å². The minimum Gasteiger partial charge on any atom is -0.355 e. The normalized spacial score (nSPS) is 25.9. The first kappa shape index (κ1) is 13.3. The number of likely N-dealkylation sites (tertiary alicyclic amines) is 1. The van der Waals surface area contributed by atoms with E-state index in [0.717, 1.165) is 38.9 Å². The molecule has 2 aliphatic rings. The van der Waals surface area contributed by atoms with Gasteiger partial charge >= 0.3 is 0 Å². The quantitative estimate of drug-likeness (QED) is 0.749. The number of amides is 2. The van der Waals surface area contributed by atoms with Crippen molar-refractivity contribution in [2.24, 2.45) is 17.6 Å². The smallest absolute Gasteiger partial charge is 0.227 e. The van der Waals surface area contributed by atoms with Crippen molar-refractivity contribution in [3.05, 3.63) is 0 Å². The van der Waals surface area contributed by atoms with Crippen molar-refractivity contribution in [1.82, 2.24) is 10.2 Å². The average Bonchev–Trinajstić information content (AvgIpc) is 2.40. The van der Waals surface area contributed by atoms with Gasteiger partial charge in [-0.25, -0.2) is 0 Å². The minimum absolute atomic E-state index is 0.00578. The summed E-state index contributed by atoms with van der Waals surface area (Å²) in [5.74, 6) is 0.973. The highest BCUT2D eigenvalue weighted by atomic mass is 16.2. The Kier molecular flexibility index (Phi) is 4.58. The largest absolute Gasteiger partial charge is 0.355 e. The van der Waals surface area contributed by atoms with Crippen molar-refractivity contribution < 1.29 is 9.59 Å². The maximum absolute atomic E-state index is 12.3. The maximum Gasteiger partial charge on any atom is 0.227 e. The standard InChI is InChI=1S/C13H23N3O2/c14-6-3-10-4-7-16(8-5-10)13(18)11-1-2-12(17)15-9-11/h10-11H,1-9,14H2,(H,15,17). The lowest BCUT2D eigenvalue weighted by molar-refractivity contribution is -0.138. The molecular formula is C13H23N3O2. The molecule has 0 spiro atoms. The first-order valence-electron chi connectivity index (χ1n) is 6.96. The lowest BCUT2D eigenvalue weighted by Gasteiger charge is -2.35. The molecule has 0 aromatic rings. The zero-order valence-corrected chi connectivity index (χ0v) is 10.9. The number of carbonyl (C=O) groups is 2. The number of nitrogens with zero attached hydrogens (tertiary/aromatic N) is 1. The second-order valence-corrected chi connectivity index (χ2v) is 5.39. The zero-order valence-electron chi connectivity index (χ0n) is 10.9. The summed E-state index contributed by atoms with van der Waals surface area (Å²) >= 11 is 0. The van der Waals surface area contributed by atoms with Crippen molar-refractivity contribution in [1.29, 1.82) is 0 Å². The summed E-state index contributed by atoms with van der Waals surface area (Å²) in [6.45, 7) is 2.97. The van der Waals surface area contributed by atoms with E-state index in [-0.39, 0.29) is 17.7 Å². The van der Waals surface area contributed by atoms with Crippen LogP contribution in [-0.4, -0.2) is 42.9 Å². The first-order chi connectivity index (χ1) is 8.70. The third-order valence-electron chi connectivity index (χ3n) is 4.12. The van der Waals surface area contributed by atoms with Crippen LogP contribution in [0.15, 0.2) is 0 Å². The van der Waals surface area contributed by atoms with Gasteiger partial charge in [-0.15, -0.1) is 0 Å². The van der Waals surface area contributed by atoms with Gasteiger partial charge in [-0.2, -0.15) is 0 Å². The van der Waals surface area contributed by atoms with Crippen LogP contribution >= 0.6 is 0 Å². The Hall–Kier alpha value is -1.10. The molecule has 102 valence electrons. The Labute approximate surface area is 108 Å². The molecule has 0 radical (unpaired) electrons. The third kappa shape index (κ3) is 3.22. The monoisotopic (exact) mass is 253 g/mol. The summed E-state index contributed by atoms with van der Waals surface area (Å²) in [7, 11) is 0. The molecule has 0 bridgehead atoms. The van der Waals surface area contributed by atoms with Gasteiger partial charge in [0.1, 0.15) is 0 Å². The van der Waals surface area contributed by atoms with Crippen LogP contribution in [0, 0.1) is 11.8 Å². The fourth-order valence-electron chi connectivity index (χ4n) is 2.88. The van der Waals surface area contributed by atoms with E-state index >= 15 is 0 Å². The molecule has 1 unspecified atom stereocenters. The third-order valence-corrected chi connectivity index (χ3v) is 4.12. The van der Waals surface area contributed by atoms with Crippen LogP contribution in [0.5, 0.6) is 0 Å². The predicted octanol–water partition coefficient (Wildman–Crippen LogP) is 0.100. The maximum atomic E-state index is 12.3. The molecule has 0 aromatic heterocycles. The number of hydrogen-bond acceptors (Lipinski definition) is 3. The lowest BCUT2D eigenvalue weighted by Crippen LogP contribution is -2.47. The van der Waals surface area contributed by atoms with E-state index in [1.807, 2.05) is 4.90 Å². The summed E-state index contributed by atoms with van der Waals surface area (Å²) < 4.78 is 0. The van der Waals surface area contributed by atoms with Crippen molar-refractivity contribution in [3.63, 3.8) is 0 Å². The molecule has 18 heavy (non-hydrogen) atoms. The van der Waals surface area contributed by atoms with Crippen LogP contribution in [0.1, 0.15) is 32.1 Å². The second-order valence-electron chi connectivity index (χ2n) is 5.39. The van der Waals surface area contributed by atoms with Gasteiger partial charge in [0.2, 0.25) is 11.8 Å². The van der Waals surface area contributed by atoms with Gasteiger partial charge in [0.25, 0.3) is 0 Å². The molecule has 2 heterocycles. The minimum atomic E-state index is -0.00578. The Morgan fingerprint density at radius 1 is 1.33 bits per heavy atom. The van der Waals surface area contributed by atoms with E-state index in [2.05, 4.69) is 5.32 Å². The summed E-state index contributed by atoms with van der Waals surface area (Å²) in [6.07, 6.45) is 4.40. The van der Waals surface area contributed by atoms with E-state index in [4.69, 9.17) is 5.73 Å². The molecular weight excluding hydrogens is 230 g/mol. The van der Waals surface area contributed by atoms with Crippen molar-refractivity contribution in [2.45, 2.75) is 32.1 Å². The van der Waals surface area contributed by atoms with Gasteiger partial charge in [-0.3, -0.25) is 9.59 Å². The van der Waals surface area contributed by atoms with Gasteiger partial charge in [0.05, 0.1) is 5.92 Å². The predicted molar refractivity (Wildman–Crippen MR) is 68.7 cm³/mol. The van der Waals surface area contributed by atoms with Crippen molar-refractivity contribution in [3.8, 4) is 0 Å². The van der Waals surface area contributed by atoms with E-state index in [1.54, 1.807) is 0 Å². The summed E-state index contributed by atoms with van der Waals surface area (Å²) in [5, 5.41) is 2.78. The summed E-state index contributed by atoms with van der Waals surface area (Å²) in [5.41, 5.74) is 5.56. The second kappa shape index (κ2) is 6.18. The van der Waals surface area contributed by atoms with Crippen molar-refractivity contribution >= 4 is 11.8 Å².